The number of sulfone groups is 1. The van der Waals surface area contributed by atoms with Gasteiger partial charge in [-0.15, -0.1) is 0 Å². The minimum Gasteiger partial charge on any atom is -0.351 e. The summed E-state index contributed by atoms with van der Waals surface area (Å²) < 4.78 is 22.8. The Morgan fingerprint density at radius 3 is 2.67 bits per heavy atom. The van der Waals surface area contributed by atoms with Gasteiger partial charge in [0, 0.05) is 31.2 Å². The van der Waals surface area contributed by atoms with E-state index in [0.717, 1.165) is 25.9 Å². The molecule has 2 aliphatic heterocycles. The Morgan fingerprint density at radius 2 is 2.10 bits per heavy atom. The van der Waals surface area contributed by atoms with Crippen LogP contribution in [-0.2, 0) is 14.6 Å². The highest BCUT2D eigenvalue weighted by molar-refractivity contribution is 7.91. The lowest BCUT2D eigenvalue weighted by molar-refractivity contribution is -0.123. The van der Waals surface area contributed by atoms with Crippen molar-refractivity contribution >= 4 is 15.7 Å². The number of amides is 1. The van der Waals surface area contributed by atoms with Crippen LogP contribution in [0.4, 0.5) is 0 Å². The second kappa shape index (κ2) is 7.07. The lowest BCUT2D eigenvalue weighted by Crippen LogP contribution is -2.58. The fourth-order valence-electron chi connectivity index (χ4n) is 3.16. The first-order valence-electron chi connectivity index (χ1n) is 7.90. The highest BCUT2D eigenvalue weighted by Crippen LogP contribution is 2.13. The zero-order chi connectivity index (χ0) is 15.5. The Bertz CT molecular complexity index is 466. The predicted octanol–water partition coefficient (Wildman–Crippen LogP) is -0.248. The molecule has 2 saturated heterocycles. The second-order valence-corrected chi connectivity index (χ2v) is 8.40. The van der Waals surface area contributed by atoms with Crippen molar-refractivity contribution in [2.24, 2.45) is 0 Å². The van der Waals surface area contributed by atoms with Crippen molar-refractivity contribution in [2.45, 2.75) is 51.2 Å². The van der Waals surface area contributed by atoms with E-state index in [2.05, 4.69) is 29.4 Å². The number of hydrogen-bond donors (Lipinski definition) is 2. The Labute approximate surface area is 127 Å². The van der Waals surface area contributed by atoms with Crippen LogP contribution in [0.5, 0.6) is 0 Å². The lowest BCUT2D eigenvalue weighted by Gasteiger charge is -2.39. The average Bonchev–Trinajstić information content (AvgIpc) is 2.77. The molecule has 2 fully saturated rings. The molecule has 6 nitrogen and oxygen atoms in total. The molecule has 2 rings (SSSR count). The van der Waals surface area contributed by atoms with E-state index in [1.54, 1.807) is 0 Å². The maximum Gasteiger partial charge on any atom is 0.234 e. The Kier molecular flexibility index (Phi) is 5.62. The molecule has 3 unspecified atom stereocenters. The fourth-order valence-corrected chi connectivity index (χ4v) is 4.84. The van der Waals surface area contributed by atoms with Crippen LogP contribution in [0.25, 0.3) is 0 Å². The third-order valence-electron chi connectivity index (χ3n) is 4.52. The fraction of sp³-hybridized carbons (Fsp3) is 0.929. The molecule has 7 heteroatoms. The molecule has 0 bridgehead atoms. The van der Waals surface area contributed by atoms with Gasteiger partial charge in [0.2, 0.25) is 5.91 Å². The molecule has 2 N–H and O–H groups in total. The van der Waals surface area contributed by atoms with Gasteiger partial charge >= 0.3 is 0 Å². The van der Waals surface area contributed by atoms with E-state index in [1.165, 1.54) is 0 Å². The first kappa shape index (κ1) is 16.7. The van der Waals surface area contributed by atoms with Gasteiger partial charge < -0.3 is 10.6 Å². The first-order chi connectivity index (χ1) is 9.93. The SMILES string of the molecule is CCC1CN(CC(=O)NC2CCS(=O)(=O)C2)C(CC)CN1. The maximum atomic E-state index is 12.2. The molecule has 2 heterocycles. The third-order valence-corrected chi connectivity index (χ3v) is 6.29. The van der Waals surface area contributed by atoms with Crippen molar-refractivity contribution in [3.8, 4) is 0 Å². The minimum atomic E-state index is -2.94. The number of piperazine rings is 1. The molecule has 1 amide bonds. The maximum absolute atomic E-state index is 12.2. The Hall–Kier alpha value is -0.660. The van der Waals surface area contributed by atoms with E-state index in [0.29, 0.717) is 25.0 Å². The molecular formula is C14H27N3O3S. The van der Waals surface area contributed by atoms with Gasteiger partial charge in [-0.05, 0) is 19.3 Å². The van der Waals surface area contributed by atoms with Gasteiger partial charge in [0.15, 0.2) is 9.84 Å². The first-order valence-corrected chi connectivity index (χ1v) is 9.72. The summed E-state index contributed by atoms with van der Waals surface area (Å²) in [5, 5.41) is 6.38. The Balaban J connectivity index is 1.85. The van der Waals surface area contributed by atoms with E-state index in [1.807, 2.05) is 0 Å². The molecule has 0 spiro atoms. The van der Waals surface area contributed by atoms with Gasteiger partial charge in [-0.1, -0.05) is 13.8 Å². The molecular weight excluding hydrogens is 290 g/mol. The summed E-state index contributed by atoms with van der Waals surface area (Å²) in [6, 6.07) is 0.616. The van der Waals surface area contributed by atoms with Crippen LogP contribution in [0.2, 0.25) is 0 Å². The highest BCUT2D eigenvalue weighted by Gasteiger charge is 2.31. The van der Waals surface area contributed by atoms with Gasteiger partial charge in [0.1, 0.15) is 0 Å². The second-order valence-electron chi connectivity index (χ2n) is 6.17. The Morgan fingerprint density at radius 1 is 1.33 bits per heavy atom. The molecule has 0 saturated carbocycles. The monoisotopic (exact) mass is 317 g/mol. The number of nitrogens with one attached hydrogen (secondary N) is 2. The van der Waals surface area contributed by atoms with Crippen LogP contribution in [0.1, 0.15) is 33.1 Å². The number of nitrogens with zero attached hydrogens (tertiary/aromatic N) is 1. The van der Waals surface area contributed by atoms with E-state index in [-0.39, 0.29) is 23.5 Å². The van der Waals surface area contributed by atoms with E-state index in [4.69, 9.17) is 0 Å². The van der Waals surface area contributed by atoms with Crippen molar-refractivity contribution in [3.05, 3.63) is 0 Å². The van der Waals surface area contributed by atoms with Crippen LogP contribution in [0.15, 0.2) is 0 Å². The average molecular weight is 317 g/mol. The summed E-state index contributed by atoms with van der Waals surface area (Å²) in [6.45, 7) is 6.44. The van der Waals surface area contributed by atoms with Gasteiger partial charge in [0.25, 0.3) is 0 Å². The summed E-state index contributed by atoms with van der Waals surface area (Å²) in [7, 11) is -2.94. The minimum absolute atomic E-state index is 0.0488. The molecule has 0 aromatic rings. The smallest absolute Gasteiger partial charge is 0.234 e. The quantitative estimate of drug-likeness (QED) is 0.731. The van der Waals surface area contributed by atoms with E-state index in [9.17, 15) is 13.2 Å². The standard InChI is InChI=1S/C14H27N3O3S/c1-3-11-8-17(13(4-2)7-15-11)9-14(18)16-12-5-6-21(19,20)10-12/h11-13,15H,3-10H2,1-2H3,(H,16,18). The highest BCUT2D eigenvalue weighted by atomic mass is 32.2. The number of carbonyl (C=O) groups excluding carboxylic acids is 1. The topological polar surface area (TPSA) is 78.5 Å². The molecule has 0 aromatic carbocycles. The van der Waals surface area contributed by atoms with Crippen LogP contribution in [-0.4, -0.2) is 68.5 Å². The largest absolute Gasteiger partial charge is 0.351 e. The number of rotatable bonds is 5. The van der Waals surface area contributed by atoms with Crippen molar-refractivity contribution in [1.29, 1.82) is 0 Å². The molecule has 0 radical (unpaired) electrons. The normalized spacial score (nSPS) is 33.0. The van der Waals surface area contributed by atoms with Gasteiger partial charge in [0.05, 0.1) is 18.1 Å². The number of hydrogen-bond acceptors (Lipinski definition) is 5. The van der Waals surface area contributed by atoms with Crippen LogP contribution in [0, 0.1) is 0 Å². The van der Waals surface area contributed by atoms with Crippen molar-refractivity contribution in [2.75, 3.05) is 31.1 Å². The summed E-state index contributed by atoms with van der Waals surface area (Å²) >= 11 is 0. The van der Waals surface area contributed by atoms with Crippen LogP contribution in [0.3, 0.4) is 0 Å². The number of carbonyl (C=O) groups is 1. The summed E-state index contributed by atoms with van der Waals surface area (Å²) in [4.78, 5) is 14.4. The molecule has 21 heavy (non-hydrogen) atoms. The van der Waals surface area contributed by atoms with Crippen LogP contribution >= 0.6 is 0 Å². The molecule has 2 aliphatic rings. The molecule has 3 atom stereocenters. The molecule has 0 aliphatic carbocycles. The lowest BCUT2D eigenvalue weighted by atomic mass is 10.1. The zero-order valence-corrected chi connectivity index (χ0v) is 13.8. The molecule has 0 aromatic heterocycles. The van der Waals surface area contributed by atoms with Gasteiger partial charge in [-0.25, -0.2) is 8.42 Å². The van der Waals surface area contributed by atoms with Crippen molar-refractivity contribution in [1.82, 2.24) is 15.5 Å². The van der Waals surface area contributed by atoms with Crippen molar-refractivity contribution < 1.29 is 13.2 Å². The van der Waals surface area contributed by atoms with Crippen molar-refractivity contribution in [3.63, 3.8) is 0 Å². The third kappa shape index (κ3) is 4.66. The van der Waals surface area contributed by atoms with E-state index < -0.39 is 9.84 Å². The molecule has 122 valence electrons. The summed E-state index contributed by atoms with van der Waals surface area (Å²) in [5.41, 5.74) is 0. The summed E-state index contributed by atoms with van der Waals surface area (Å²) in [6.07, 6.45) is 2.61. The van der Waals surface area contributed by atoms with Gasteiger partial charge in [-0.2, -0.15) is 0 Å². The van der Waals surface area contributed by atoms with E-state index >= 15 is 0 Å². The predicted molar refractivity (Wildman–Crippen MR) is 82.9 cm³/mol. The van der Waals surface area contributed by atoms with Crippen LogP contribution < -0.4 is 10.6 Å². The van der Waals surface area contributed by atoms with Gasteiger partial charge in [-0.3, -0.25) is 9.69 Å². The summed E-state index contributed by atoms with van der Waals surface area (Å²) in [5.74, 6) is 0.239. The zero-order valence-electron chi connectivity index (χ0n) is 13.0.